The van der Waals surface area contributed by atoms with E-state index in [4.69, 9.17) is 9.97 Å². The molecule has 0 spiro atoms. The Morgan fingerprint density at radius 1 is 1.12 bits per heavy atom. The Bertz CT molecular complexity index is 1830. The lowest BCUT2D eigenvalue weighted by Gasteiger charge is -2.46. The largest absolute Gasteiger partial charge is 0.508 e. The van der Waals surface area contributed by atoms with E-state index in [0.717, 1.165) is 64.7 Å². The molecule has 9 heteroatoms. The van der Waals surface area contributed by atoms with Crippen LogP contribution < -0.4 is 10.2 Å². The van der Waals surface area contributed by atoms with Gasteiger partial charge in [0.2, 0.25) is 5.82 Å². The van der Waals surface area contributed by atoms with Crippen LogP contribution in [-0.2, 0) is 6.42 Å². The lowest BCUT2D eigenvalue weighted by Crippen LogP contribution is -2.61. The number of nitrogens with one attached hydrogen (secondary N) is 1. The number of piperazine rings is 1. The fourth-order valence-corrected chi connectivity index (χ4v) is 7.99. The molecular weight excluding hydrogens is 546 g/mol. The molecule has 220 valence electrons. The molecule has 2 N–H and O–H groups in total. The van der Waals surface area contributed by atoms with E-state index < -0.39 is 5.82 Å². The van der Waals surface area contributed by atoms with Crippen LogP contribution in [0.1, 0.15) is 56.8 Å². The second kappa shape index (κ2) is 10.1. The third kappa shape index (κ3) is 4.26. The second-order valence-electron chi connectivity index (χ2n) is 12.5. The van der Waals surface area contributed by atoms with Crippen molar-refractivity contribution in [3.05, 3.63) is 53.5 Å². The van der Waals surface area contributed by atoms with Crippen molar-refractivity contribution in [3.63, 3.8) is 0 Å². The van der Waals surface area contributed by atoms with E-state index in [1.807, 2.05) is 6.92 Å². The third-order valence-corrected chi connectivity index (χ3v) is 10.1. The number of aryl methyl sites for hydroxylation is 1. The molecule has 0 amide bonds. The van der Waals surface area contributed by atoms with E-state index in [9.17, 15) is 9.50 Å². The van der Waals surface area contributed by atoms with Crippen molar-refractivity contribution < 1.29 is 13.9 Å². The van der Waals surface area contributed by atoms with Crippen LogP contribution in [0.25, 0.3) is 32.9 Å². The number of piperidine rings is 2. The predicted octanol–water partition coefficient (Wildman–Crippen LogP) is 5.31. The highest BCUT2D eigenvalue weighted by Gasteiger charge is 2.43. The van der Waals surface area contributed by atoms with Crippen molar-refractivity contribution >= 4 is 27.5 Å². The number of aromatic nitrogens is 3. The van der Waals surface area contributed by atoms with Gasteiger partial charge in [0.1, 0.15) is 28.6 Å². The first-order valence-electron chi connectivity index (χ1n) is 15.5. The first kappa shape index (κ1) is 26.7. The maximum Gasteiger partial charge on any atom is 0.207 e. The molecule has 2 bridgehead atoms. The van der Waals surface area contributed by atoms with Crippen molar-refractivity contribution in [2.75, 3.05) is 31.1 Å². The number of hydrogen-bond acceptors (Lipinski definition) is 7. The Kier molecular flexibility index (Phi) is 6.28. The van der Waals surface area contributed by atoms with Crippen LogP contribution in [0.5, 0.6) is 5.75 Å². The fraction of sp³-hybridized carbons (Fsp3) is 0.441. The summed E-state index contributed by atoms with van der Waals surface area (Å²) in [6.07, 6.45) is 8.51. The molecule has 7 heterocycles. The van der Waals surface area contributed by atoms with E-state index in [0.29, 0.717) is 51.4 Å². The third-order valence-electron chi connectivity index (χ3n) is 10.1. The Labute approximate surface area is 249 Å². The van der Waals surface area contributed by atoms with Gasteiger partial charge in [0.15, 0.2) is 5.82 Å². The number of phenols is 1. The number of aromatic hydroxyl groups is 1. The molecular formula is C34H34F2N6O. The van der Waals surface area contributed by atoms with Crippen molar-refractivity contribution in [1.82, 2.24) is 25.2 Å². The molecule has 5 aliphatic rings. The van der Waals surface area contributed by atoms with Gasteiger partial charge >= 0.3 is 0 Å². The summed E-state index contributed by atoms with van der Waals surface area (Å²) >= 11 is 0. The zero-order valence-corrected chi connectivity index (χ0v) is 24.3. The maximum atomic E-state index is 16.8. The highest BCUT2D eigenvalue weighted by molar-refractivity contribution is 6.01. The van der Waals surface area contributed by atoms with Crippen molar-refractivity contribution in [2.24, 2.45) is 0 Å². The number of rotatable bonds is 3. The Balaban J connectivity index is 1.34. The minimum atomic E-state index is -0.621. The van der Waals surface area contributed by atoms with Gasteiger partial charge in [0.25, 0.3) is 0 Å². The minimum Gasteiger partial charge on any atom is -0.508 e. The molecule has 5 saturated heterocycles. The number of phenolic OH excluding ortho intramolecular Hbond substituents is 1. The summed E-state index contributed by atoms with van der Waals surface area (Å²) in [5.74, 6) is 6.75. The molecule has 9 rings (SSSR count). The van der Waals surface area contributed by atoms with Crippen molar-refractivity contribution in [2.45, 2.75) is 69.5 Å². The zero-order valence-electron chi connectivity index (χ0n) is 24.3. The van der Waals surface area contributed by atoms with Gasteiger partial charge in [0.05, 0.1) is 10.9 Å². The molecule has 0 aliphatic carbocycles. The number of pyridine rings is 1. The number of anilines is 1. The second-order valence-corrected chi connectivity index (χ2v) is 12.5. The van der Waals surface area contributed by atoms with E-state index in [2.05, 4.69) is 31.9 Å². The van der Waals surface area contributed by atoms with Crippen LogP contribution in [-0.4, -0.2) is 68.8 Å². The molecule has 4 aromatic rings. The summed E-state index contributed by atoms with van der Waals surface area (Å²) < 4.78 is 31.7. The smallest absolute Gasteiger partial charge is 0.207 e. The number of halogens is 2. The topological polar surface area (TPSA) is 77.4 Å². The quantitative estimate of drug-likeness (QED) is 0.318. The fourth-order valence-electron chi connectivity index (χ4n) is 7.99. The summed E-state index contributed by atoms with van der Waals surface area (Å²) in [6.45, 7) is 5.61. The van der Waals surface area contributed by atoms with Crippen LogP contribution in [0, 0.1) is 23.5 Å². The molecule has 2 aromatic carbocycles. The molecule has 0 saturated carbocycles. The predicted molar refractivity (Wildman–Crippen MR) is 163 cm³/mol. The highest BCUT2D eigenvalue weighted by atomic mass is 19.1. The number of benzene rings is 2. The summed E-state index contributed by atoms with van der Waals surface area (Å²) in [6, 6.07) is 6.62. The summed E-state index contributed by atoms with van der Waals surface area (Å²) in [4.78, 5) is 19.0. The summed E-state index contributed by atoms with van der Waals surface area (Å²) in [5, 5.41) is 15.9. The zero-order chi connectivity index (χ0) is 29.3. The first-order valence-corrected chi connectivity index (χ1v) is 15.5. The molecule has 0 radical (unpaired) electrons. The molecule has 5 fully saturated rings. The van der Waals surface area contributed by atoms with Crippen LogP contribution in [0.3, 0.4) is 0 Å². The van der Waals surface area contributed by atoms with E-state index in [1.54, 1.807) is 18.3 Å². The summed E-state index contributed by atoms with van der Waals surface area (Å²) in [5.41, 5.74) is 0.821. The molecule has 5 aliphatic heterocycles. The van der Waals surface area contributed by atoms with Crippen LogP contribution in [0.4, 0.5) is 14.6 Å². The van der Waals surface area contributed by atoms with Gasteiger partial charge in [-0.2, -0.15) is 0 Å². The Morgan fingerprint density at radius 2 is 1.95 bits per heavy atom. The van der Waals surface area contributed by atoms with E-state index in [-0.39, 0.29) is 34.4 Å². The van der Waals surface area contributed by atoms with Gasteiger partial charge in [-0.05, 0) is 98.5 Å². The summed E-state index contributed by atoms with van der Waals surface area (Å²) in [7, 11) is 0. The lowest BCUT2D eigenvalue weighted by atomic mass is 9.92. The van der Waals surface area contributed by atoms with Crippen LogP contribution >= 0.6 is 0 Å². The highest BCUT2D eigenvalue weighted by Crippen LogP contribution is 2.40. The van der Waals surface area contributed by atoms with Gasteiger partial charge in [0, 0.05) is 36.9 Å². The standard InChI is InChI=1S/C34H34F2N6O/c1-2-24-27(35)8-5-20-15-23(43)16-25(29(20)24)31-30(36)32-26(18-38-31)33(42-19-21-6-7-22(42)17-37-21)40-28(39-32)9-12-34-10-3-13-41(34)14-4-11-34/h5,8,15-16,18,21-22,37,43H,2-4,6-7,10-11,13-14,17,19H2,1H3/t21-,22-/m0/s1. The SMILES string of the molecule is CCc1c(F)ccc2cc(O)cc(-c3ncc4c(N5C[C@@H]6CC[C@H]5CN6)nc(C#CC56CCCN5CCC6)nc4c3F)c12. The average molecular weight is 581 g/mol. The normalized spacial score (nSPS) is 22.7. The lowest BCUT2D eigenvalue weighted by molar-refractivity contribution is 0.261. The van der Waals surface area contributed by atoms with Gasteiger partial charge < -0.3 is 15.3 Å². The molecule has 7 nitrogen and oxygen atoms in total. The van der Waals surface area contributed by atoms with Crippen LogP contribution in [0.15, 0.2) is 30.5 Å². The van der Waals surface area contributed by atoms with Gasteiger partial charge in [-0.25, -0.2) is 18.7 Å². The number of hydrogen-bond donors (Lipinski definition) is 2. The van der Waals surface area contributed by atoms with E-state index in [1.165, 1.54) is 12.1 Å². The van der Waals surface area contributed by atoms with Crippen molar-refractivity contribution in [1.29, 1.82) is 0 Å². The molecule has 2 aromatic heterocycles. The minimum absolute atomic E-state index is 0.0236. The molecule has 0 unspecified atom stereocenters. The van der Waals surface area contributed by atoms with Crippen LogP contribution in [0.2, 0.25) is 0 Å². The first-order chi connectivity index (χ1) is 20.9. The Morgan fingerprint density at radius 3 is 2.67 bits per heavy atom. The van der Waals surface area contributed by atoms with E-state index >= 15 is 4.39 Å². The van der Waals surface area contributed by atoms with Gasteiger partial charge in [-0.1, -0.05) is 18.9 Å². The van der Waals surface area contributed by atoms with Gasteiger partial charge in [-0.3, -0.25) is 9.88 Å². The molecule has 2 atom stereocenters. The van der Waals surface area contributed by atoms with Crippen molar-refractivity contribution in [3.8, 4) is 28.8 Å². The molecule has 43 heavy (non-hydrogen) atoms. The Hall–Kier alpha value is -3.87. The van der Waals surface area contributed by atoms with Gasteiger partial charge in [-0.15, -0.1) is 0 Å². The average Bonchev–Trinajstić information content (AvgIpc) is 3.61. The number of fused-ring (bicyclic) bond motifs is 6. The monoisotopic (exact) mass is 580 g/mol. The maximum absolute atomic E-state index is 16.8. The number of nitrogens with zero attached hydrogens (tertiary/aromatic N) is 5.